The molecule has 1 aromatic carbocycles. The van der Waals surface area contributed by atoms with Gasteiger partial charge in [0.1, 0.15) is 0 Å². The lowest BCUT2D eigenvalue weighted by molar-refractivity contribution is 0.314. The van der Waals surface area contributed by atoms with E-state index >= 15 is 0 Å². The van der Waals surface area contributed by atoms with Crippen molar-refractivity contribution < 1.29 is 0 Å². The van der Waals surface area contributed by atoms with Crippen LogP contribution in [0.4, 0.5) is 0 Å². The van der Waals surface area contributed by atoms with Gasteiger partial charge in [0.05, 0.1) is 0 Å². The maximum absolute atomic E-state index is 6.58. The van der Waals surface area contributed by atoms with E-state index in [2.05, 4.69) is 0 Å². The number of nitrogens with two attached hydrogens (primary N) is 1. The summed E-state index contributed by atoms with van der Waals surface area (Å²) in [7, 11) is 0. The van der Waals surface area contributed by atoms with Crippen LogP contribution in [0.15, 0.2) is 18.2 Å². The van der Waals surface area contributed by atoms with Crippen molar-refractivity contribution in [2.24, 2.45) is 5.73 Å². The van der Waals surface area contributed by atoms with Crippen molar-refractivity contribution in [2.75, 3.05) is 0 Å². The summed E-state index contributed by atoms with van der Waals surface area (Å²) >= 11 is 12.2. The van der Waals surface area contributed by atoms with Gasteiger partial charge in [0.2, 0.25) is 0 Å². The van der Waals surface area contributed by atoms with E-state index in [1.807, 2.05) is 18.2 Å². The Balaban J connectivity index is 2.09. The second-order valence-corrected chi connectivity index (χ2v) is 6.39. The summed E-state index contributed by atoms with van der Waals surface area (Å²) in [5, 5.41) is 1.43. The van der Waals surface area contributed by atoms with Crippen LogP contribution in [0.25, 0.3) is 0 Å². The van der Waals surface area contributed by atoms with Gasteiger partial charge in [-0.15, -0.1) is 0 Å². The lowest BCUT2D eigenvalue weighted by Crippen LogP contribution is -2.42. The van der Waals surface area contributed by atoms with Gasteiger partial charge >= 0.3 is 0 Å². The van der Waals surface area contributed by atoms with Gasteiger partial charge < -0.3 is 5.73 Å². The standard InChI is InChI=1S/C15H21Cl2N/c16-13-7-6-12(14(17)10-13)11-15(18)8-4-2-1-3-5-9-15/h6-7,10H,1-5,8-9,11,18H2. The van der Waals surface area contributed by atoms with E-state index in [0.29, 0.717) is 5.02 Å². The largest absolute Gasteiger partial charge is 0.325 e. The van der Waals surface area contributed by atoms with E-state index < -0.39 is 0 Å². The molecule has 1 aliphatic carbocycles. The number of rotatable bonds is 2. The molecular formula is C15H21Cl2N. The highest BCUT2D eigenvalue weighted by atomic mass is 35.5. The Kier molecular flexibility index (Phi) is 4.94. The van der Waals surface area contributed by atoms with Crippen LogP contribution in [-0.2, 0) is 6.42 Å². The molecule has 1 fully saturated rings. The van der Waals surface area contributed by atoms with Crippen LogP contribution in [0.3, 0.4) is 0 Å². The number of hydrogen-bond acceptors (Lipinski definition) is 1. The second-order valence-electron chi connectivity index (χ2n) is 5.54. The van der Waals surface area contributed by atoms with Crippen LogP contribution in [0.5, 0.6) is 0 Å². The summed E-state index contributed by atoms with van der Waals surface area (Å²) in [5.74, 6) is 0. The molecule has 0 saturated heterocycles. The molecule has 3 heteroatoms. The first-order valence-electron chi connectivity index (χ1n) is 6.82. The molecule has 1 aliphatic rings. The van der Waals surface area contributed by atoms with E-state index in [1.165, 1.54) is 32.1 Å². The predicted octanol–water partition coefficient (Wildman–Crippen LogP) is 4.98. The average Bonchev–Trinajstić information content (AvgIpc) is 2.29. The molecule has 1 aromatic rings. The topological polar surface area (TPSA) is 26.0 Å². The van der Waals surface area contributed by atoms with Gasteiger partial charge in [-0.05, 0) is 37.0 Å². The Morgan fingerprint density at radius 3 is 2.22 bits per heavy atom. The zero-order valence-electron chi connectivity index (χ0n) is 10.7. The molecule has 2 N–H and O–H groups in total. The van der Waals surface area contributed by atoms with Crippen molar-refractivity contribution in [3.8, 4) is 0 Å². The Morgan fingerprint density at radius 2 is 1.61 bits per heavy atom. The van der Waals surface area contributed by atoms with Gasteiger partial charge in [-0.25, -0.2) is 0 Å². The van der Waals surface area contributed by atoms with E-state index in [4.69, 9.17) is 28.9 Å². The summed E-state index contributed by atoms with van der Waals surface area (Å²) in [4.78, 5) is 0. The third-order valence-corrected chi connectivity index (χ3v) is 4.49. The highest BCUT2D eigenvalue weighted by Crippen LogP contribution is 2.30. The molecule has 0 atom stereocenters. The minimum absolute atomic E-state index is 0.0854. The lowest BCUT2D eigenvalue weighted by atomic mass is 9.80. The Morgan fingerprint density at radius 1 is 1.00 bits per heavy atom. The van der Waals surface area contributed by atoms with E-state index in [-0.39, 0.29) is 5.54 Å². The van der Waals surface area contributed by atoms with Crippen LogP contribution in [0, 0.1) is 0 Å². The fourth-order valence-corrected chi connectivity index (χ4v) is 3.31. The molecule has 0 unspecified atom stereocenters. The van der Waals surface area contributed by atoms with Gasteiger partial charge in [0.15, 0.2) is 0 Å². The van der Waals surface area contributed by atoms with Gasteiger partial charge in [0, 0.05) is 15.6 Å². The lowest BCUT2D eigenvalue weighted by Gasteiger charge is -2.32. The second kappa shape index (κ2) is 6.27. The SMILES string of the molecule is NC1(Cc2ccc(Cl)cc2Cl)CCCCCCC1. The molecule has 1 nitrogen and oxygen atoms in total. The van der Waals surface area contributed by atoms with Crippen molar-refractivity contribution in [3.05, 3.63) is 33.8 Å². The summed E-state index contributed by atoms with van der Waals surface area (Å²) < 4.78 is 0. The van der Waals surface area contributed by atoms with Crippen LogP contribution in [-0.4, -0.2) is 5.54 Å². The molecule has 18 heavy (non-hydrogen) atoms. The van der Waals surface area contributed by atoms with Gasteiger partial charge in [-0.2, -0.15) is 0 Å². The minimum Gasteiger partial charge on any atom is -0.325 e. The fourth-order valence-electron chi connectivity index (χ4n) is 2.83. The van der Waals surface area contributed by atoms with Crippen LogP contribution >= 0.6 is 23.2 Å². The summed E-state index contributed by atoms with van der Waals surface area (Å²) in [6.07, 6.45) is 9.53. The monoisotopic (exact) mass is 285 g/mol. The summed E-state index contributed by atoms with van der Waals surface area (Å²) in [6.45, 7) is 0. The van der Waals surface area contributed by atoms with Gasteiger partial charge in [-0.1, -0.05) is 61.4 Å². The Hall–Kier alpha value is -0.240. The zero-order chi connectivity index (χ0) is 13.0. The quantitative estimate of drug-likeness (QED) is 0.815. The zero-order valence-corrected chi connectivity index (χ0v) is 12.2. The summed E-state index contributed by atoms with van der Waals surface area (Å²) in [5.41, 5.74) is 7.62. The van der Waals surface area contributed by atoms with Crippen LogP contribution in [0.1, 0.15) is 50.5 Å². The molecule has 0 heterocycles. The van der Waals surface area contributed by atoms with Crippen molar-refractivity contribution in [1.29, 1.82) is 0 Å². The highest BCUT2D eigenvalue weighted by Gasteiger charge is 2.26. The molecule has 0 bridgehead atoms. The van der Waals surface area contributed by atoms with Gasteiger partial charge in [0.25, 0.3) is 0 Å². The molecule has 0 spiro atoms. The highest BCUT2D eigenvalue weighted by molar-refractivity contribution is 6.35. The van der Waals surface area contributed by atoms with E-state index in [0.717, 1.165) is 29.8 Å². The molecule has 0 radical (unpaired) electrons. The molecule has 2 rings (SSSR count). The molecule has 1 saturated carbocycles. The third-order valence-electron chi connectivity index (χ3n) is 3.91. The van der Waals surface area contributed by atoms with E-state index in [1.54, 1.807) is 0 Å². The first-order chi connectivity index (χ1) is 8.59. The smallest absolute Gasteiger partial charge is 0.0453 e. The maximum Gasteiger partial charge on any atom is 0.0453 e. The first-order valence-corrected chi connectivity index (χ1v) is 7.57. The summed E-state index contributed by atoms with van der Waals surface area (Å²) in [6, 6.07) is 5.72. The van der Waals surface area contributed by atoms with Crippen molar-refractivity contribution in [1.82, 2.24) is 0 Å². The number of halogens is 2. The molecular weight excluding hydrogens is 265 g/mol. The van der Waals surface area contributed by atoms with Crippen LogP contribution in [0.2, 0.25) is 10.0 Å². The molecule has 0 aromatic heterocycles. The van der Waals surface area contributed by atoms with Gasteiger partial charge in [-0.3, -0.25) is 0 Å². The van der Waals surface area contributed by atoms with E-state index in [9.17, 15) is 0 Å². The number of hydrogen-bond donors (Lipinski definition) is 1. The minimum atomic E-state index is -0.0854. The third kappa shape index (κ3) is 3.88. The molecule has 0 aliphatic heterocycles. The normalized spacial score (nSPS) is 20.2. The molecule has 0 amide bonds. The maximum atomic E-state index is 6.58. The van der Waals surface area contributed by atoms with Crippen molar-refractivity contribution in [3.63, 3.8) is 0 Å². The number of benzene rings is 1. The predicted molar refractivity (Wildman–Crippen MR) is 79.4 cm³/mol. The van der Waals surface area contributed by atoms with Crippen molar-refractivity contribution in [2.45, 2.75) is 56.9 Å². The first kappa shape index (κ1) is 14.2. The fraction of sp³-hybridized carbons (Fsp3) is 0.600. The Bertz CT molecular complexity index is 395. The molecule has 100 valence electrons. The Labute approximate surface area is 120 Å². The van der Waals surface area contributed by atoms with Crippen molar-refractivity contribution >= 4 is 23.2 Å². The van der Waals surface area contributed by atoms with Crippen LogP contribution < -0.4 is 5.73 Å². The average molecular weight is 286 g/mol.